The van der Waals surface area contributed by atoms with Gasteiger partial charge in [0.05, 0.1) is 13.2 Å². The summed E-state index contributed by atoms with van der Waals surface area (Å²) in [6.45, 7) is 13.7. The van der Waals surface area contributed by atoms with E-state index in [0.717, 1.165) is 45.3 Å². The highest BCUT2D eigenvalue weighted by atomic mass is 16.5. The van der Waals surface area contributed by atoms with E-state index in [9.17, 15) is 0 Å². The molecular weight excluding hydrogens is 314 g/mol. The first-order chi connectivity index (χ1) is 12.2. The number of nitrogens with zero attached hydrogens (tertiary/aromatic N) is 1. The zero-order chi connectivity index (χ0) is 18.3. The van der Waals surface area contributed by atoms with E-state index in [1.807, 2.05) is 19.1 Å². The molecule has 0 fully saturated rings. The Bertz CT molecular complexity index is 490. The van der Waals surface area contributed by atoms with Gasteiger partial charge in [-0.15, -0.1) is 0 Å². The molecule has 0 aliphatic carbocycles. The lowest BCUT2D eigenvalue weighted by Crippen LogP contribution is -2.38. The molecule has 0 aromatic heterocycles. The van der Waals surface area contributed by atoms with Gasteiger partial charge in [0.2, 0.25) is 0 Å². The fourth-order valence-electron chi connectivity index (χ4n) is 2.27. The summed E-state index contributed by atoms with van der Waals surface area (Å²) >= 11 is 0. The third-order valence-electron chi connectivity index (χ3n) is 3.54. The van der Waals surface area contributed by atoms with Gasteiger partial charge in [0, 0.05) is 32.9 Å². The van der Waals surface area contributed by atoms with Gasteiger partial charge in [0.25, 0.3) is 0 Å². The Morgan fingerprint density at radius 2 is 1.84 bits per heavy atom. The van der Waals surface area contributed by atoms with Crippen LogP contribution in [0, 0.1) is 5.92 Å². The Kier molecular flexibility index (Phi) is 11.7. The van der Waals surface area contributed by atoms with Crippen molar-refractivity contribution in [2.75, 3.05) is 32.9 Å². The van der Waals surface area contributed by atoms with Crippen LogP contribution in [0.2, 0.25) is 0 Å². The summed E-state index contributed by atoms with van der Waals surface area (Å²) in [5, 5.41) is 6.66. The first-order valence-electron chi connectivity index (χ1n) is 9.41. The third-order valence-corrected chi connectivity index (χ3v) is 3.54. The molecule has 0 unspecified atom stereocenters. The van der Waals surface area contributed by atoms with Crippen molar-refractivity contribution in [3.8, 4) is 0 Å². The lowest BCUT2D eigenvalue weighted by molar-refractivity contribution is 0.108. The molecule has 142 valence electrons. The molecule has 1 aromatic rings. The van der Waals surface area contributed by atoms with E-state index >= 15 is 0 Å². The second-order valence-corrected chi connectivity index (χ2v) is 6.35. The number of aliphatic imine (C=N–C) groups is 1. The number of nitrogens with one attached hydrogen (secondary N) is 2. The fraction of sp³-hybridized carbons (Fsp3) is 0.650. The van der Waals surface area contributed by atoms with Crippen LogP contribution in [0.3, 0.4) is 0 Å². The standard InChI is InChI=1S/C20H35N3O2/c1-5-21-20(22-12-9-13-25-15-17(3)4)23-14-18-10-7-8-11-19(18)16-24-6-2/h7-8,10-11,17H,5-6,9,12-16H2,1-4H3,(H2,21,22,23). The lowest BCUT2D eigenvalue weighted by Gasteiger charge is -2.13. The summed E-state index contributed by atoms with van der Waals surface area (Å²) in [4.78, 5) is 4.70. The van der Waals surface area contributed by atoms with Crippen LogP contribution in [0.25, 0.3) is 0 Å². The van der Waals surface area contributed by atoms with Gasteiger partial charge in [0.15, 0.2) is 5.96 Å². The predicted molar refractivity (Wildman–Crippen MR) is 105 cm³/mol. The van der Waals surface area contributed by atoms with Gasteiger partial charge in [-0.1, -0.05) is 38.1 Å². The van der Waals surface area contributed by atoms with Crippen molar-refractivity contribution in [1.29, 1.82) is 0 Å². The maximum absolute atomic E-state index is 5.61. The van der Waals surface area contributed by atoms with Crippen molar-refractivity contribution in [3.63, 3.8) is 0 Å². The monoisotopic (exact) mass is 349 g/mol. The Morgan fingerprint density at radius 3 is 2.52 bits per heavy atom. The van der Waals surface area contributed by atoms with Crippen LogP contribution < -0.4 is 10.6 Å². The molecule has 0 heterocycles. The van der Waals surface area contributed by atoms with Gasteiger partial charge in [-0.3, -0.25) is 0 Å². The van der Waals surface area contributed by atoms with E-state index in [0.29, 0.717) is 19.1 Å². The number of guanidine groups is 1. The average Bonchev–Trinajstić information content (AvgIpc) is 2.61. The zero-order valence-corrected chi connectivity index (χ0v) is 16.3. The normalized spacial score (nSPS) is 11.8. The summed E-state index contributed by atoms with van der Waals surface area (Å²) in [5.41, 5.74) is 2.40. The molecule has 0 radical (unpaired) electrons. The molecule has 0 atom stereocenters. The zero-order valence-electron chi connectivity index (χ0n) is 16.3. The summed E-state index contributed by atoms with van der Waals surface area (Å²) in [7, 11) is 0. The molecule has 0 aliphatic heterocycles. The van der Waals surface area contributed by atoms with E-state index in [1.54, 1.807) is 0 Å². The molecule has 5 heteroatoms. The quantitative estimate of drug-likeness (QED) is 0.345. The smallest absolute Gasteiger partial charge is 0.191 e. The molecule has 0 aliphatic rings. The lowest BCUT2D eigenvalue weighted by atomic mass is 10.1. The second kappa shape index (κ2) is 13.7. The Balaban J connectivity index is 2.47. The SMILES string of the molecule is CCNC(=NCc1ccccc1COCC)NCCCOCC(C)C. The van der Waals surface area contributed by atoms with Crippen LogP contribution in [-0.2, 0) is 22.6 Å². The van der Waals surface area contributed by atoms with E-state index < -0.39 is 0 Å². The minimum absolute atomic E-state index is 0.587. The molecule has 0 saturated carbocycles. The van der Waals surface area contributed by atoms with Crippen LogP contribution in [0.1, 0.15) is 45.2 Å². The van der Waals surface area contributed by atoms with E-state index in [4.69, 9.17) is 14.5 Å². The minimum Gasteiger partial charge on any atom is -0.381 e. The number of rotatable bonds is 12. The highest BCUT2D eigenvalue weighted by Gasteiger charge is 2.03. The van der Waals surface area contributed by atoms with Gasteiger partial charge >= 0.3 is 0 Å². The summed E-state index contributed by atoms with van der Waals surface area (Å²) in [6, 6.07) is 8.31. The van der Waals surface area contributed by atoms with Crippen molar-refractivity contribution in [1.82, 2.24) is 10.6 Å². The van der Waals surface area contributed by atoms with Crippen molar-refractivity contribution in [2.24, 2.45) is 10.9 Å². The minimum atomic E-state index is 0.587. The topological polar surface area (TPSA) is 54.9 Å². The van der Waals surface area contributed by atoms with Crippen LogP contribution in [-0.4, -0.2) is 38.9 Å². The molecule has 0 amide bonds. The summed E-state index contributed by atoms with van der Waals surface area (Å²) < 4.78 is 11.1. The number of ether oxygens (including phenoxy) is 2. The number of hydrogen-bond donors (Lipinski definition) is 2. The second-order valence-electron chi connectivity index (χ2n) is 6.35. The van der Waals surface area contributed by atoms with Crippen molar-refractivity contribution < 1.29 is 9.47 Å². The van der Waals surface area contributed by atoms with Crippen molar-refractivity contribution in [2.45, 2.75) is 47.3 Å². The van der Waals surface area contributed by atoms with E-state index in [1.165, 1.54) is 11.1 Å². The maximum Gasteiger partial charge on any atom is 0.191 e. The highest BCUT2D eigenvalue weighted by molar-refractivity contribution is 5.79. The van der Waals surface area contributed by atoms with Crippen LogP contribution in [0.15, 0.2) is 29.3 Å². The third kappa shape index (κ3) is 10.1. The van der Waals surface area contributed by atoms with Gasteiger partial charge in [-0.05, 0) is 37.3 Å². The first kappa shape index (κ1) is 21.5. The molecule has 1 aromatic carbocycles. The maximum atomic E-state index is 5.61. The van der Waals surface area contributed by atoms with E-state index in [2.05, 4.69) is 43.5 Å². The van der Waals surface area contributed by atoms with Gasteiger partial charge in [0.1, 0.15) is 0 Å². The molecule has 2 N–H and O–H groups in total. The average molecular weight is 350 g/mol. The number of benzene rings is 1. The molecular formula is C20H35N3O2. The molecule has 5 nitrogen and oxygen atoms in total. The number of hydrogen-bond acceptors (Lipinski definition) is 3. The van der Waals surface area contributed by atoms with Gasteiger partial charge in [-0.25, -0.2) is 4.99 Å². The summed E-state index contributed by atoms with van der Waals surface area (Å²) in [6.07, 6.45) is 0.970. The summed E-state index contributed by atoms with van der Waals surface area (Å²) in [5.74, 6) is 1.43. The molecule has 1 rings (SSSR count). The van der Waals surface area contributed by atoms with Crippen molar-refractivity contribution in [3.05, 3.63) is 35.4 Å². The van der Waals surface area contributed by atoms with Crippen LogP contribution >= 0.6 is 0 Å². The Labute approximate surface area is 153 Å². The van der Waals surface area contributed by atoms with Crippen molar-refractivity contribution >= 4 is 5.96 Å². The van der Waals surface area contributed by atoms with E-state index in [-0.39, 0.29) is 0 Å². The Morgan fingerprint density at radius 1 is 1.08 bits per heavy atom. The first-order valence-corrected chi connectivity index (χ1v) is 9.41. The Hall–Kier alpha value is -1.59. The fourth-order valence-corrected chi connectivity index (χ4v) is 2.27. The van der Waals surface area contributed by atoms with Crippen LogP contribution in [0.5, 0.6) is 0 Å². The largest absolute Gasteiger partial charge is 0.381 e. The molecule has 0 saturated heterocycles. The van der Waals surface area contributed by atoms with Crippen LogP contribution in [0.4, 0.5) is 0 Å². The molecule has 0 bridgehead atoms. The molecule has 0 spiro atoms. The highest BCUT2D eigenvalue weighted by Crippen LogP contribution is 2.11. The van der Waals surface area contributed by atoms with Gasteiger partial charge in [-0.2, -0.15) is 0 Å². The molecule has 25 heavy (non-hydrogen) atoms. The predicted octanol–water partition coefficient (Wildman–Crippen LogP) is 3.34. The van der Waals surface area contributed by atoms with Gasteiger partial charge < -0.3 is 20.1 Å².